The number of nitro groups is 1. The number of nitrogens with zero attached hydrogens (tertiary/aromatic N) is 3. The Hall–Kier alpha value is -1.97. The molecule has 0 spiro atoms. The van der Waals surface area contributed by atoms with Crippen molar-refractivity contribution in [3.05, 3.63) is 44.1 Å². The molecule has 0 saturated heterocycles. The predicted octanol–water partition coefficient (Wildman–Crippen LogP) is 2.32. The number of benzene rings is 1. The van der Waals surface area contributed by atoms with Gasteiger partial charge in [-0.15, -0.1) is 0 Å². The van der Waals surface area contributed by atoms with E-state index in [-0.39, 0.29) is 17.5 Å². The van der Waals surface area contributed by atoms with Crippen molar-refractivity contribution >= 4 is 45.7 Å². The quantitative estimate of drug-likeness (QED) is 0.496. The maximum Gasteiger partial charge on any atom is 0.329 e. The van der Waals surface area contributed by atoms with E-state index in [4.69, 9.17) is 5.73 Å². The Morgan fingerprint density at radius 1 is 1.33 bits per heavy atom. The third kappa shape index (κ3) is 2.83. The van der Waals surface area contributed by atoms with Crippen molar-refractivity contribution in [1.29, 1.82) is 0 Å². The molecule has 0 unspecified atom stereocenters. The molecule has 0 aliphatic carbocycles. The van der Waals surface area contributed by atoms with Crippen LogP contribution in [0.15, 0.2) is 30.5 Å². The summed E-state index contributed by atoms with van der Waals surface area (Å²) >= 11 is 2.17. The van der Waals surface area contributed by atoms with Crippen molar-refractivity contribution in [2.24, 2.45) is 0 Å². The van der Waals surface area contributed by atoms with E-state index in [2.05, 4.69) is 37.9 Å². The molecule has 0 bridgehead atoms. The van der Waals surface area contributed by atoms with Gasteiger partial charge in [0.2, 0.25) is 11.8 Å². The lowest BCUT2D eigenvalue weighted by Crippen LogP contribution is -2.04. The highest BCUT2D eigenvalue weighted by Crippen LogP contribution is 2.25. The lowest BCUT2D eigenvalue weighted by molar-refractivity contribution is -0.384. The van der Waals surface area contributed by atoms with Crippen LogP contribution in [0, 0.1) is 13.7 Å². The molecule has 0 amide bonds. The molecule has 92 valence electrons. The van der Waals surface area contributed by atoms with E-state index in [0.717, 1.165) is 9.77 Å². The average Bonchev–Trinajstić information content (AvgIpc) is 2.32. The van der Waals surface area contributed by atoms with Gasteiger partial charge in [-0.05, 0) is 46.9 Å². The molecule has 3 N–H and O–H groups in total. The Kier molecular flexibility index (Phi) is 3.55. The van der Waals surface area contributed by atoms with Crippen molar-refractivity contribution in [1.82, 2.24) is 9.97 Å². The van der Waals surface area contributed by atoms with E-state index in [9.17, 15) is 10.1 Å². The van der Waals surface area contributed by atoms with Crippen LogP contribution in [0.4, 0.5) is 23.1 Å². The number of nitrogens with two attached hydrogens (primary N) is 1. The van der Waals surface area contributed by atoms with Gasteiger partial charge in [-0.3, -0.25) is 10.1 Å². The second-order valence-corrected chi connectivity index (χ2v) is 4.60. The van der Waals surface area contributed by atoms with Crippen molar-refractivity contribution in [2.75, 3.05) is 11.1 Å². The highest BCUT2D eigenvalue weighted by Gasteiger charge is 2.16. The first-order valence-electron chi connectivity index (χ1n) is 4.86. The number of hydrogen-bond acceptors (Lipinski definition) is 6. The lowest BCUT2D eigenvalue weighted by atomic mass is 10.3. The second-order valence-electron chi connectivity index (χ2n) is 3.35. The van der Waals surface area contributed by atoms with Gasteiger partial charge in [-0.2, -0.15) is 4.98 Å². The fraction of sp³-hybridized carbons (Fsp3) is 0. The maximum atomic E-state index is 10.8. The molecule has 1 aromatic carbocycles. The number of nitrogen functional groups attached to an aromatic ring is 1. The molecule has 1 aromatic heterocycles. The fourth-order valence-corrected chi connectivity index (χ4v) is 1.64. The molecule has 1 heterocycles. The van der Waals surface area contributed by atoms with E-state index in [1.807, 2.05) is 12.1 Å². The summed E-state index contributed by atoms with van der Waals surface area (Å²) in [6.45, 7) is 0. The van der Waals surface area contributed by atoms with Crippen LogP contribution in [0.25, 0.3) is 0 Å². The fourth-order valence-electron chi connectivity index (χ4n) is 1.28. The zero-order valence-corrected chi connectivity index (χ0v) is 11.2. The molecule has 0 atom stereocenters. The Morgan fingerprint density at radius 2 is 2.00 bits per heavy atom. The van der Waals surface area contributed by atoms with Crippen molar-refractivity contribution < 1.29 is 4.92 Å². The van der Waals surface area contributed by atoms with Gasteiger partial charge in [-0.25, -0.2) is 4.98 Å². The molecule has 7 nitrogen and oxygen atoms in total. The van der Waals surface area contributed by atoms with Crippen LogP contribution in [-0.2, 0) is 0 Å². The molecule has 0 radical (unpaired) electrons. The van der Waals surface area contributed by atoms with Crippen LogP contribution in [-0.4, -0.2) is 14.9 Å². The number of halogens is 1. The molecule has 2 rings (SSSR count). The van der Waals surface area contributed by atoms with Crippen LogP contribution in [0.1, 0.15) is 0 Å². The molecule has 0 saturated carbocycles. The highest BCUT2D eigenvalue weighted by molar-refractivity contribution is 14.1. The van der Waals surface area contributed by atoms with E-state index in [0.29, 0.717) is 5.69 Å². The van der Waals surface area contributed by atoms with Gasteiger partial charge in [0, 0.05) is 9.26 Å². The summed E-state index contributed by atoms with van der Waals surface area (Å²) in [5, 5.41) is 13.7. The maximum absolute atomic E-state index is 10.8. The minimum atomic E-state index is -0.561. The molecule has 8 heteroatoms. The zero-order chi connectivity index (χ0) is 13.1. The van der Waals surface area contributed by atoms with Crippen LogP contribution in [0.3, 0.4) is 0 Å². The standard InChI is InChI=1S/C10H8IN5O2/c11-6-1-3-7(4-2-6)14-9-8(16(17)18)5-13-10(12)15-9/h1-5H,(H3,12,13,14,15). The lowest BCUT2D eigenvalue weighted by Gasteiger charge is -2.06. The summed E-state index contributed by atoms with van der Waals surface area (Å²) in [4.78, 5) is 17.7. The second kappa shape index (κ2) is 5.12. The van der Waals surface area contributed by atoms with Crippen LogP contribution < -0.4 is 11.1 Å². The third-order valence-electron chi connectivity index (χ3n) is 2.09. The normalized spacial score (nSPS) is 10.1. The first kappa shape index (κ1) is 12.5. The van der Waals surface area contributed by atoms with Gasteiger partial charge >= 0.3 is 5.69 Å². The first-order chi connectivity index (χ1) is 8.56. The van der Waals surface area contributed by atoms with Gasteiger partial charge in [0.25, 0.3) is 0 Å². The monoisotopic (exact) mass is 357 g/mol. The van der Waals surface area contributed by atoms with E-state index >= 15 is 0 Å². The van der Waals surface area contributed by atoms with Crippen molar-refractivity contribution in [3.63, 3.8) is 0 Å². The number of rotatable bonds is 3. The summed E-state index contributed by atoms with van der Waals surface area (Å²) in [6, 6.07) is 7.34. The Bertz CT molecular complexity index is 587. The number of anilines is 3. The zero-order valence-electron chi connectivity index (χ0n) is 9.00. The molecule has 2 aromatic rings. The smallest absolute Gasteiger partial charge is 0.329 e. The average molecular weight is 357 g/mol. The van der Waals surface area contributed by atoms with Crippen molar-refractivity contribution in [3.8, 4) is 0 Å². The Balaban J connectivity index is 2.35. The van der Waals surface area contributed by atoms with Crippen LogP contribution in [0.2, 0.25) is 0 Å². The summed E-state index contributed by atoms with van der Waals surface area (Å²) in [6.07, 6.45) is 1.08. The highest BCUT2D eigenvalue weighted by atomic mass is 127. The van der Waals surface area contributed by atoms with E-state index < -0.39 is 4.92 Å². The minimum absolute atomic E-state index is 0.0198. The van der Waals surface area contributed by atoms with Gasteiger partial charge < -0.3 is 11.1 Å². The summed E-state index contributed by atoms with van der Waals surface area (Å²) in [5.74, 6) is 0.0577. The molecular formula is C10H8IN5O2. The summed E-state index contributed by atoms with van der Waals surface area (Å²) in [5.41, 5.74) is 5.89. The van der Waals surface area contributed by atoms with Gasteiger partial charge in [-0.1, -0.05) is 0 Å². The molecule has 0 aliphatic heterocycles. The van der Waals surface area contributed by atoms with Gasteiger partial charge in [0.15, 0.2) is 0 Å². The van der Waals surface area contributed by atoms with Crippen LogP contribution in [0.5, 0.6) is 0 Å². The van der Waals surface area contributed by atoms with E-state index in [1.165, 1.54) is 0 Å². The van der Waals surface area contributed by atoms with Crippen LogP contribution >= 0.6 is 22.6 Å². The molecular weight excluding hydrogens is 349 g/mol. The number of hydrogen-bond donors (Lipinski definition) is 2. The molecule has 0 fully saturated rings. The topological polar surface area (TPSA) is 107 Å². The molecule has 0 aliphatic rings. The van der Waals surface area contributed by atoms with Gasteiger partial charge in [0.05, 0.1) is 4.92 Å². The Morgan fingerprint density at radius 3 is 2.61 bits per heavy atom. The molecule has 18 heavy (non-hydrogen) atoms. The summed E-state index contributed by atoms with van der Waals surface area (Å²) in [7, 11) is 0. The number of nitrogens with one attached hydrogen (secondary N) is 1. The first-order valence-corrected chi connectivity index (χ1v) is 5.93. The minimum Gasteiger partial charge on any atom is -0.368 e. The predicted molar refractivity (Wildman–Crippen MR) is 75.5 cm³/mol. The van der Waals surface area contributed by atoms with Gasteiger partial charge in [0.1, 0.15) is 6.20 Å². The third-order valence-corrected chi connectivity index (χ3v) is 2.81. The number of aromatic nitrogens is 2. The largest absolute Gasteiger partial charge is 0.368 e. The van der Waals surface area contributed by atoms with E-state index in [1.54, 1.807) is 12.1 Å². The SMILES string of the molecule is Nc1ncc([N+](=O)[O-])c(Nc2ccc(I)cc2)n1. The summed E-state index contributed by atoms with van der Waals surface area (Å²) < 4.78 is 1.06. The van der Waals surface area contributed by atoms with Crippen molar-refractivity contribution in [2.45, 2.75) is 0 Å². The Labute approximate surface area is 116 Å².